The minimum atomic E-state index is -0.659. The average Bonchev–Trinajstić information content (AvgIpc) is 3.18. The van der Waals surface area contributed by atoms with E-state index in [1.807, 2.05) is 54.6 Å². The van der Waals surface area contributed by atoms with Gasteiger partial charge in [0, 0.05) is 5.56 Å². The second-order valence-corrected chi connectivity index (χ2v) is 8.95. The predicted octanol–water partition coefficient (Wildman–Crippen LogP) is 3.75. The Bertz CT molecular complexity index is 1300. The highest BCUT2D eigenvalue weighted by molar-refractivity contribution is 5.98. The standard InChI is InChI=1S/C25H28N6O4/c1-25(2,3)35-24(33)29-17(14-32)13-31-23-20(22(26)27-15-28-23)21(30-31)16-9-11-19(12-10-16)34-18-7-5-4-6-8-18/h4-12,15,17,32H,13-14H2,1-3H3,(H,29,33)(H2,26,27,28). The summed E-state index contributed by atoms with van der Waals surface area (Å²) in [7, 11) is 0. The monoisotopic (exact) mass is 476 g/mol. The highest BCUT2D eigenvalue weighted by atomic mass is 16.6. The van der Waals surface area contributed by atoms with Gasteiger partial charge in [0.2, 0.25) is 0 Å². The average molecular weight is 477 g/mol. The number of aliphatic hydroxyl groups is 1. The molecule has 182 valence electrons. The molecule has 4 N–H and O–H groups in total. The van der Waals surface area contributed by atoms with Crippen LogP contribution in [0.3, 0.4) is 0 Å². The van der Waals surface area contributed by atoms with Crippen LogP contribution in [0, 0.1) is 0 Å². The minimum absolute atomic E-state index is 0.151. The lowest BCUT2D eigenvalue weighted by molar-refractivity contribution is 0.0474. The van der Waals surface area contributed by atoms with Crippen molar-refractivity contribution in [2.75, 3.05) is 12.3 Å². The molecule has 0 bridgehead atoms. The molecule has 0 fully saturated rings. The topological polar surface area (TPSA) is 137 Å². The maximum Gasteiger partial charge on any atom is 0.408 e. The number of nitrogens with one attached hydrogen (secondary N) is 1. The van der Waals surface area contributed by atoms with Crippen LogP contribution in [0.25, 0.3) is 22.3 Å². The van der Waals surface area contributed by atoms with E-state index in [0.717, 1.165) is 11.3 Å². The number of hydrogen-bond donors (Lipinski definition) is 3. The van der Waals surface area contributed by atoms with Crippen molar-refractivity contribution in [3.8, 4) is 22.8 Å². The number of nitrogen functional groups attached to an aromatic ring is 1. The summed E-state index contributed by atoms with van der Waals surface area (Å²) in [6, 6.07) is 16.3. The molecule has 4 aromatic rings. The van der Waals surface area contributed by atoms with Gasteiger partial charge in [-0.25, -0.2) is 19.4 Å². The molecule has 2 aromatic heterocycles. The fourth-order valence-corrected chi connectivity index (χ4v) is 3.50. The number of nitrogens with two attached hydrogens (primary N) is 1. The van der Waals surface area contributed by atoms with Crippen molar-refractivity contribution in [2.24, 2.45) is 0 Å². The van der Waals surface area contributed by atoms with Crippen molar-refractivity contribution in [3.63, 3.8) is 0 Å². The summed E-state index contributed by atoms with van der Waals surface area (Å²) < 4.78 is 12.8. The highest BCUT2D eigenvalue weighted by Crippen LogP contribution is 2.32. The molecule has 0 radical (unpaired) electrons. The van der Waals surface area contributed by atoms with Crippen molar-refractivity contribution >= 4 is 22.9 Å². The predicted molar refractivity (Wildman–Crippen MR) is 132 cm³/mol. The van der Waals surface area contributed by atoms with E-state index in [9.17, 15) is 9.90 Å². The number of rotatable bonds is 7. The fourth-order valence-electron chi connectivity index (χ4n) is 3.50. The highest BCUT2D eigenvalue weighted by Gasteiger charge is 2.22. The Morgan fingerprint density at radius 2 is 1.77 bits per heavy atom. The summed E-state index contributed by atoms with van der Waals surface area (Å²) in [4.78, 5) is 20.7. The number of nitrogens with zero attached hydrogens (tertiary/aromatic N) is 4. The third-order valence-corrected chi connectivity index (χ3v) is 5.00. The third-order valence-electron chi connectivity index (χ3n) is 5.00. The van der Waals surface area contributed by atoms with Crippen molar-refractivity contribution < 1.29 is 19.4 Å². The van der Waals surface area contributed by atoms with Gasteiger partial charge in [0.15, 0.2) is 5.65 Å². The van der Waals surface area contributed by atoms with Gasteiger partial charge in [-0.05, 0) is 57.2 Å². The maximum atomic E-state index is 12.2. The first-order valence-electron chi connectivity index (χ1n) is 11.1. The number of carbonyl (C=O) groups is 1. The number of aromatic nitrogens is 4. The number of anilines is 1. The summed E-state index contributed by atoms with van der Waals surface area (Å²) in [5.41, 5.74) is 7.38. The Hall–Kier alpha value is -4.18. The van der Waals surface area contributed by atoms with E-state index < -0.39 is 17.7 Å². The molecule has 35 heavy (non-hydrogen) atoms. The van der Waals surface area contributed by atoms with Crippen LogP contribution in [0.4, 0.5) is 10.6 Å². The molecule has 10 nitrogen and oxygen atoms in total. The van der Waals surface area contributed by atoms with Crippen LogP contribution in [-0.4, -0.2) is 49.2 Å². The molecule has 0 aliphatic heterocycles. The Morgan fingerprint density at radius 3 is 2.43 bits per heavy atom. The summed E-state index contributed by atoms with van der Waals surface area (Å²) >= 11 is 0. The number of amides is 1. The lowest BCUT2D eigenvalue weighted by atomic mass is 10.1. The maximum absolute atomic E-state index is 12.2. The molecule has 2 heterocycles. The van der Waals surface area contributed by atoms with Crippen molar-refractivity contribution in [2.45, 2.75) is 39.0 Å². The quantitative estimate of drug-likeness (QED) is 0.367. The molecule has 0 saturated carbocycles. The largest absolute Gasteiger partial charge is 0.457 e. The lowest BCUT2D eigenvalue weighted by Gasteiger charge is -2.22. The van der Waals surface area contributed by atoms with Crippen LogP contribution in [0.2, 0.25) is 0 Å². The third kappa shape index (κ3) is 5.85. The van der Waals surface area contributed by atoms with Gasteiger partial charge in [0.1, 0.15) is 34.9 Å². The number of carbonyl (C=O) groups excluding carboxylic acids is 1. The van der Waals surface area contributed by atoms with Gasteiger partial charge in [-0.1, -0.05) is 18.2 Å². The van der Waals surface area contributed by atoms with Crippen LogP contribution < -0.4 is 15.8 Å². The molecule has 0 aliphatic rings. The van der Waals surface area contributed by atoms with Gasteiger partial charge in [-0.3, -0.25) is 0 Å². The Labute approximate surface area is 202 Å². The summed E-state index contributed by atoms with van der Waals surface area (Å²) in [5.74, 6) is 1.69. The molecule has 1 atom stereocenters. The van der Waals surface area contributed by atoms with Crippen molar-refractivity contribution in [1.82, 2.24) is 25.1 Å². The van der Waals surface area contributed by atoms with E-state index in [0.29, 0.717) is 22.5 Å². The zero-order valence-electron chi connectivity index (χ0n) is 19.8. The zero-order valence-corrected chi connectivity index (χ0v) is 19.8. The lowest BCUT2D eigenvalue weighted by Crippen LogP contribution is -2.43. The van der Waals surface area contributed by atoms with E-state index in [1.54, 1.807) is 25.5 Å². The van der Waals surface area contributed by atoms with Crippen LogP contribution >= 0.6 is 0 Å². The fraction of sp³-hybridized carbons (Fsp3) is 0.280. The van der Waals surface area contributed by atoms with Gasteiger partial charge in [0.05, 0.1) is 24.6 Å². The zero-order chi connectivity index (χ0) is 25.0. The van der Waals surface area contributed by atoms with E-state index in [2.05, 4.69) is 15.3 Å². The molecule has 10 heteroatoms. The van der Waals surface area contributed by atoms with Gasteiger partial charge in [-0.2, -0.15) is 5.10 Å². The Balaban J connectivity index is 1.61. The molecule has 1 amide bonds. The van der Waals surface area contributed by atoms with Crippen LogP contribution in [-0.2, 0) is 11.3 Å². The normalized spacial score (nSPS) is 12.3. The van der Waals surface area contributed by atoms with E-state index in [1.165, 1.54) is 6.33 Å². The molecule has 0 spiro atoms. The molecule has 0 aliphatic carbocycles. The second-order valence-electron chi connectivity index (χ2n) is 8.95. The molecule has 1 unspecified atom stereocenters. The number of fused-ring (bicyclic) bond motifs is 1. The number of ether oxygens (including phenoxy) is 2. The van der Waals surface area contributed by atoms with Crippen LogP contribution in [0.15, 0.2) is 60.9 Å². The first-order valence-corrected chi connectivity index (χ1v) is 11.1. The number of hydrogen-bond acceptors (Lipinski definition) is 8. The van der Waals surface area contributed by atoms with E-state index in [4.69, 9.17) is 20.3 Å². The number of aliphatic hydroxyl groups excluding tert-OH is 1. The Morgan fingerprint density at radius 1 is 1.09 bits per heavy atom. The van der Waals surface area contributed by atoms with Crippen molar-refractivity contribution in [1.29, 1.82) is 0 Å². The number of alkyl carbamates (subject to hydrolysis) is 1. The molecular formula is C25H28N6O4. The van der Waals surface area contributed by atoms with Gasteiger partial charge in [-0.15, -0.1) is 0 Å². The summed E-state index contributed by atoms with van der Waals surface area (Å²) in [6.45, 7) is 5.14. The first-order chi connectivity index (χ1) is 16.7. The Kier molecular flexibility index (Phi) is 6.83. The number of para-hydroxylation sites is 1. The van der Waals surface area contributed by atoms with Gasteiger partial charge in [0.25, 0.3) is 0 Å². The van der Waals surface area contributed by atoms with E-state index in [-0.39, 0.29) is 19.0 Å². The SMILES string of the molecule is CC(C)(C)OC(=O)NC(CO)Cn1nc(-c2ccc(Oc3ccccc3)cc2)c2c(N)ncnc21. The summed E-state index contributed by atoms with van der Waals surface area (Å²) in [6.07, 6.45) is 0.724. The molecule has 2 aromatic carbocycles. The van der Waals surface area contributed by atoms with Crippen LogP contribution in [0.5, 0.6) is 11.5 Å². The van der Waals surface area contributed by atoms with Gasteiger partial charge >= 0.3 is 6.09 Å². The minimum Gasteiger partial charge on any atom is -0.457 e. The number of benzene rings is 2. The smallest absolute Gasteiger partial charge is 0.408 e. The van der Waals surface area contributed by atoms with Crippen molar-refractivity contribution in [3.05, 3.63) is 60.9 Å². The second kappa shape index (κ2) is 9.98. The van der Waals surface area contributed by atoms with E-state index >= 15 is 0 Å². The van der Waals surface area contributed by atoms with Crippen LogP contribution in [0.1, 0.15) is 20.8 Å². The molecule has 0 saturated heterocycles. The molecular weight excluding hydrogens is 448 g/mol. The molecule has 4 rings (SSSR count). The summed E-state index contributed by atoms with van der Waals surface area (Å²) in [5, 5.41) is 17.8. The first kappa shape index (κ1) is 24.0. The van der Waals surface area contributed by atoms with Gasteiger partial charge < -0.3 is 25.6 Å².